The van der Waals surface area contributed by atoms with Crippen LogP contribution in [-0.4, -0.2) is 18.6 Å². The van der Waals surface area contributed by atoms with Gasteiger partial charge in [-0.25, -0.2) is 4.31 Å². The number of carbonyl (C=O) groups excluding carboxylic acids is 1. The van der Waals surface area contributed by atoms with Crippen LogP contribution in [0.5, 0.6) is 0 Å². The zero-order valence-electron chi connectivity index (χ0n) is 9.91. The second-order valence-corrected chi connectivity index (χ2v) is 6.75. The molecule has 1 fully saturated rings. The topological polar surface area (TPSA) is 54.5 Å². The predicted octanol–water partition coefficient (Wildman–Crippen LogP) is 2.47. The second-order valence-electron chi connectivity index (χ2n) is 4.36. The van der Waals surface area contributed by atoms with Gasteiger partial charge in [0.1, 0.15) is 0 Å². The number of amides is 1. The third-order valence-electron chi connectivity index (χ3n) is 3.28. The van der Waals surface area contributed by atoms with Crippen LogP contribution < -0.4 is 0 Å². The summed E-state index contributed by atoms with van der Waals surface area (Å²) in [6, 6.07) is 8.66. The van der Waals surface area contributed by atoms with Crippen LogP contribution in [0.1, 0.15) is 31.4 Å². The van der Waals surface area contributed by atoms with Gasteiger partial charge in [0.15, 0.2) is 0 Å². The molecule has 1 saturated heterocycles. The van der Waals surface area contributed by atoms with Crippen LogP contribution in [-0.2, 0) is 14.0 Å². The smallest absolute Gasteiger partial charge is 0.274 e. The molecule has 0 N–H and O–H groups in total. The van der Waals surface area contributed by atoms with Crippen molar-refractivity contribution < 1.29 is 13.2 Å². The minimum Gasteiger partial charge on any atom is -0.274 e. The van der Waals surface area contributed by atoms with Crippen LogP contribution in [0.4, 0.5) is 0 Å². The van der Waals surface area contributed by atoms with Gasteiger partial charge < -0.3 is 0 Å². The van der Waals surface area contributed by atoms with Gasteiger partial charge in [-0.2, -0.15) is 8.42 Å². The lowest BCUT2D eigenvalue weighted by atomic mass is 9.92. The molecule has 1 heterocycles. The molecular weight excluding hydrogens is 274 g/mol. The van der Waals surface area contributed by atoms with Crippen LogP contribution in [0.25, 0.3) is 0 Å². The molecule has 1 amide bonds. The van der Waals surface area contributed by atoms with Crippen LogP contribution >= 0.6 is 10.7 Å². The highest BCUT2D eigenvalue weighted by molar-refractivity contribution is 8.12. The predicted molar refractivity (Wildman–Crippen MR) is 69.2 cm³/mol. The Morgan fingerprint density at radius 3 is 2.44 bits per heavy atom. The number of rotatable bonds is 3. The van der Waals surface area contributed by atoms with Crippen LogP contribution in [0.3, 0.4) is 0 Å². The molecule has 0 bridgehead atoms. The van der Waals surface area contributed by atoms with Crippen molar-refractivity contribution in [3.63, 3.8) is 0 Å². The molecule has 0 saturated carbocycles. The Morgan fingerprint density at radius 2 is 1.94 bits per heavy atom. The first kappa shape index (κ1) is 13.4. The summed E-state index contributed by atoms with van der Waals surface area (Å²) in [5.41, 5.74) is 0.805. The Labute approximate surface area is 111 Å². The molecule has 2 rings (SSSR count). The van der Waals surface area contributed by atoms with Crippen molar-refractivity contribution in [2.45, 2.75) is 25.8 Å². The molecule has 0 spiro atoms. The third kappa shape index (κ3) is 2.37. The van der Waals surface area contributed by atoms with E-state index in [-0.39, 0.29) is 12.3 Å². The Kier molecular flexibility index (Phi) is 3.64. The number of halogens is 1. The van der Waals surface area contributed by atoms with Gasteiger partial charge in [-0.3, -0.25) is 4.79 Å². The first-order valence-electron chi connectivity index (χ1n) is 5.77. The summed E-state index contributed by atoms with van der Waals surface area (Å²) < 4.78 is 23.9. The summed E-state index contributed by atoms with van der Waals surface area (Å²) in [5.74, 6) is -0.445. The Balaban J connectivity index is 2.48. The number of carbonyl (C=O) groups is 1. The van der Waals surface area contributed by atoms with Crippen molar-refractivity contribution in [1.82, 2.24) is 4.31 Å². The molecule has 0 aromatic heterocycles. The van der Waals surface area contributed by atoms with Crippen LogP contribution in [0.2, 0.25) is 0 Å². The maximum Gasteiger partial charge on any atom is 0.324 e. The second kappa shape index (κ2) is 4.90. The Morgan fingerprint density at radius 1 is 1.33 bits per heavy atom. The van der Waals surface area contributed by atoms with Gasteiger partial charge in [0, 0.05) is 17.1 Å². The van der Waals surface area contributed by atoms with E-state index in [0.717, 1.165) is 16.3 Å². The van der Waals surface area contributed by atoms with E-state index in [4.69, 9.17) is 10.7 Å². The van der Waals surface area contributed by atoms with Crippen LogP contribution in [0.15, 0.2) is 30.3 Å². The van der Waals surface area contributed by atoms with E-state index in [1.807, 2.05) is 37.3 Å². The molecule has 4 nitrogen and oxygen atoms in total. The first-order valence-corrected chi connectivity index (χ1v) is 8.03. The molecule has 1 aromatic rings. The van der Waals surface area contributed by atoms with Gasteiger partial charge in [0.05, 0.1) is 6.04 Å². The molecule has 18 heavy (non-hydrogen) atoms. The van der Waals surface area contributed by atoms with Crippen LogP contribution in [0, 0.1) is 5.92 Å². The van der Waals surface area contributed by atoms with E-state index >= 15 is 0 Å². The summed E-state index contributed by atoms with van der Waals surface area (Å²) in [7, 11) is 1.34. The number of hydrogen-bond donors (Lipinski definition) is 0. The summed E-state index contributed by atoms with van der Waals surface area (Å²) in [5, 5.41) is 0. The highest BCUT2D eigenvalue weighted by Gasteiger charge is 2.45. The molecule has 1 aromatic carbocycles. The van der Waals surface area contributed by atoms with Crippen molar-refractivity contribution in [1.29, 1.82) is 0 Å². The standard InChI is InChI=1S/C12H14ClNO3S/c1-2-9-8-11(15)14(18(13,16)17)12(9)10-6-4-3-5-7-10/h3-7,9,12H,2,8H2,1H3/t9-,12-/m0/s1. The fourth-order valence-electron chi connectivity index (χ4n) is 2.46. The van der Waals surface area contributed by atoms with E-state index < -0.39 is 21.2 Å². The molecule has 0 radical (unpaired) electrons. The van der Waals surface area contributed by atoms with E-state index in [9.17, 15) is 13.2 Å². The zero-order valence-corrected chi connectivity index (χ0v) is 11.5. The highest BCUT2D eigenvalue weighted by Crippen LogP contribution is 2.42. The minimum atomic E-state index is -4.04. The summed E-state index contributed by atoms with van der Waals surface area (Å²) in [6.07, 6.45) is 0.955. The van der Waals surface area contributed by atoms with E-state index in [0.29, 0.717) is 0 Å². The van der Waals surface area contributed by atoms with Gasteiger partial charge in [0.25, 0.3) is 0 Å². The maximum absolute atomic E-state index is 11.8. The maximum atomic E-state index is 11.8. The molecule has 6 heteroatoms. The largest absolute Gasteiger partial charge is 0.324 e. The monoisotopic (exact) mass is 287 g/mol. The first-order chi connectivity index (χ1) is 8.45. The van der Waals surface area contributed by atoms with Gasteiger partial charge >= 0.3 is 9.24 Å². The minimum absolute atomic E-state index is 0.0200. The Hall–Kier alpha value is -1.07. The van der Waals surface area contributed by atoms with Crippen molar-refractivity contribution in [2.24, 2.45) is 5.92 Å². The van der Waals surface area contributed by atoms with E-state index in [1.54, 1.807) is 0 Å². The molecule has 1 aliphatic heterocycles. The van der Waals surface area contributed by atoms with Crippen molar-refractivity contribution in [3.05, 3.63) is 35.9 Å². The fraction of sp³-hybridized carbons (Fsp3) is 0.417. The lowest BCUT2D eigenvalue weighted by Crippen LogP contribution is -2.31. The van der Waals surface area contributed by atoms with E-state index in [2.05, 4.69) is 0 Å². The lowest BCUT2D eigenvalue weighted by molar-refractivity contribution is -0.124. The zero-order chi connectivity index (χ0) is 13.3. The molecule has 1 aliphatic rings. The normalized spacial score (nSPS) is 24.6. The molecule has 2 atom stereocenters. The quantitative estimate of drug-likeness (QED) is 0.803. The molecule has 0 aliphatic carbocycles. The number of hydrogen-bond acceptors (Lipinski definition) is 3. The fourth-order valence-corrected chi connectivity index (χ4v) is 3.83. The van der Waals surface area contributed by atoms with Gasteiger partial charge in [-0.1, -0.05) is 43.7 Å². The SMILES string of the molecule is CC[C@H]1CC(=O)N(S(=O)(=O)Cl)[C@@H]1c1ccccc1. The third-order valence-corrected chi connectivity index (χ3v) is 4.63. The summed E-state index contributed by atoms with van der Waals surface area (Å²) in [4.78, 5) is 11.8. The summed E-state index contributed by atoms with van der Waals surface area (Å²) >= 11 is 0. The number of nitrogens with zero attached hydrogens (tertiary/aromatic N) is 1. The number of benzene rings is 1. The Bertz CT molecular complexity index is 544. The van der Waals surface area contributed by atoms with Crippen molar-refractivity contribution >= 4 is 25.8 Å². The average molecular weight is 288 g/mol. The van der Waals surface area contributed by atoms with E-state index in [1.165, 1.54) is 0 Å². The highest BCUT2D eigenvalue weighted by atomic mass is 35.7. The lowest BCUT2D eigenvalue weighted by Gasteiger charge is -2.25. The average Bonchev–Trinajstić information content (AvgIpc) is 2.67. The van der Waals surface area contributed by atoms with Gasteiger partial charge in [0.2, 0.25) is 5.91 Å². The summed E-state index contributed by atoms with van der Waals surface area (Å²) in [6.45, 7) is 1.94. The van der Waals surface area contributed by atoms with Gasteiger partial charge in [-0.05, 0) is 11.5 Å². The molecular formula is C12H14ClNO3S. The molecule has 98 valence electrons. The van der Waals surface area contributed by atoms with Gasteiger partial charge in [-0.15, -0.1) is 0 Å². The molecule has 0 unspecified atom stereocenters. The van der Waals surface area contributed by atoms with Crippen molar-refractivity contribution in [2.75, 3.05) is 0 Å². The van der Waals surface area contributed by atoms with Crippen molar-refractivity contribution in [3.8, 4) is 0 Å².